The molecule has 0 aromatic heterocycles. The van der Waals surface area contributed by atoms with Crippen molar-refractivity contribution in [2.24, 2.45) is 17.1 Å². The maximum absolute atomic E-state index is 12.6. The number of aliphatic hydroxyl groups is 1. The molecule has 2 rings (SSSR count). The lowest BCUT2D eigenvalue weighted by Crippen LogP contribution is -2.52. The van der Waals surface area contributed by atoms with Crippen molar-refractivity contribution >= 4 is 23.1 Å². The predicted octanol–water partition coefficient (Wildman–Crippen LogP) is -0.0899. The lowest BCUT2D eigenvalue weighted by molar-refractivity contribution is -0.141. The average molecular weight is 272 g/mol. The number of nitrogens with zero attached hydrogens (tertiary/aromatic N) is 1. The maximum Gasteiger partial charge on any atom is 0.235 e. The molecule has 0 aliphatic carbocycles. The van der Waals surface area contributed by atoms with Gasteiger partial charge < -0.3 is 20.5 Å². The molecule has 2 heterocycles. The fraction of sp³-hybridized carbons (Fsp3) is 0.833. The number of likely N-dealkylation sites (tertiary alicyclic amines) is 1. The number of carbonyl (C=O) groups is 1. The molecule has 0 radical (unpaired) electrons. The Labute approximate surface area is 112 Å². The molecule has 1 atom stereocenters. The Morgan fingerprint density at radius 3 is 2.67 bits per heavy atom. The van der Waals surface area contributed by atoms with Crippen LogP contribution in [-0.2, 0) is 9.53 Å². The van der Waals surface area contributed by atoms with E-state index < -0.39 is 5.41 Å². The normalized spacial score (nSPS) is 27.2. The molecule has 5 nitrogen and oxygen atoms in total. The third kappa shape index (κ3) is 2.37. The highest BCUT2D eigenvalue weighted by Crippen LogP contribution is 2.34. The third-order valence-corrected chi connectivity index (χ3v) is 4.45. The van der Waals surface area contributed by atoms with Gasteiger partial charge in [0.2, 0.25) is 5.91 Å². The molecule has 0 aromatic rings. The Kier molecular flexibility index (Phi) is 4.19. The largest absolute Gasteiger partial charge is 0.396 e. The summed E-state index contributed by atoms with van der Waals surface area (Å²) in [6.45, 7) is 2.49. The monoisotopic (exact) mass is 272 g/mol. The van der Waals surface area contributed by atoms with E-state index in [0.29, 0.717) is 39.1 Å². The van der Waals surface area contributed by atoms with Gasteiger partial charge in [0.05, 0.1) is 4.99 Å². The Hall–Kier alpha value is -0.720. The van der Waals surface area contributed by atoms with Gasteiger partial charge in [0, 0.05) is 38.8 Å². The van der Waals surface area contributed by atoms with E-state index in [-0.39, 0.29) is 23.4 Å². The van der Waals surface area contributed by atoms with E-state index in [9.17, 15) is 4.79 Å². The SMILES string of the molecule is NC(=S)C1(C(=O)N2CCC(CO)C2)CCOCC1. The molecule has 1 unspecified atom stereocenters. The molecule has 18 heavy (non-hydrogen) atoms. The molecule has 2 fully saturated rings. The van der Waals surface area contributed by atoms with Crippen molar-refractivity contribution in [3.63, 3.8) is 0 Å². The molecule has 2 aliphatic heterocycles. The van der Waals surface area contributed by atoms with E-state index in [1.165, 1.54) is 0 Å². The summed E-state index contributed by atoms with van der Waals surface area (Å²) in [6, 6.07) is 0. The zero-order valence-corrected chi connectivity index (χ0v) is 11.2. The number of amides is 1. The number of ether oxygens (including phenoxy) is 1. The first-order chi connectivity index (χ1) is 8.60. The number of hydrogen-bond acceptors (Lipinski definition) is 4. The van der Waals surface area contributed by atoms with Gasteiger partial charge in [-0.05, 0) is 19.3 Å². The second-order valence-corrected chi connectivity index (χ2v) is 5.59. The Bertz CT molecular complexity index is 342. The summed E-state index contributed by atoms with van der Waals surface area (Å²) in [4.78, 5) is 14.7. The fourth-order valence-electron chi connectivity index (χ4n) is 2.75. The average Bonchev–Trinajstić information content (AvgIpc) is 2.87. The molecule has 102 valence electrons. The molecule has 1 amide bonds. The van der Waals surface area contributed by atoms with Crippen molar-refractivity contribution in [2.75, 3.05) is 32.9 Å². The molecule has 2 aliphatic rings. The van der Waals surface area contributed by atoms with Crippen LogP contribution in [0.15, 0.2) is 0 Å². The van der Waals surface area contributed by atoms with Crippen LogP contribution in [0.4, 0.5) is 0 Å². The highest BCUT2D eigenvalue weighted by atomic mass is 32.1. The minimum atomic E-state index is -0.724. The van der Waals surface area contributed by atoms with Crippen molar-refractivity contribution in [1.29, 1.82) is 0 Å². The molecule has 0 saturated carbocycles. The van der Waals surface area contributed by atoms with Crippen LogP contribution in [0, 0.1) is 11.3 Å². The van der Waals surface area contributed by atoms with Crippen LogP contribution in [0.25, 0.3) is 0 Å². The first-order valence-electron chi connectivity index (χ1n) is 6.38. The number of hydrogen-bond donors (Lipinski definition) is 2. The van der Waals surface area contributed by atoms with Crippen molar-refractivity contribution in [1.82, 2.24) is 4.90 Å². The predicted molar refractivity (Wildman–Crippen MR) is 71.0 cm³/mol. The Morgan fingerprint density at radius 2 is 2.17 bits per heavy atom. The van der Waals surface area contributed by atoms with E-state index >= 15 is 0 Å². The topological polar surface area (TPSA) is 75.8 Å². The van der Waals surface area contributed by atoms with E-state index in [1.807, 2.05) is 0 Å². The van der Waals surface area contributed by atoms with Crippen LogP contribution in [-0.4, -0.2) is 53.8 Å². The summed E-state index contributed by atoms with van der Waals surface area (Å²) in [5, 5.41) is 9.14. The van der Waals surface area contributed by atoms with E-state index in [4.69, 9.17) is 27.8 Å². The van der Waals surface area contributed by atoms with E-state index in [0.717, 1.165) is 6.42 Å². The molecular weight excluding hydrogens is 252 g/mol. The fourth-order valence-corrected chi connectivity index (χ4v) is 3.05. The first-order valence-corrected chi connectivity index (χ1v) is 6.79. The molecule has 2 saturated heterocycles. The minimum absolute atomic E-state index is 0.0225. The summed E-state index contributed by atoms with van der Waals surface area (Å²) in [6.07, 6.45) is 2.00. The standard InChI is InChI=1S/C12H20N2O3S/c13-10(18)12(2-5-17-6-3-12)11(16)14-4-1-9(7-14)8-15/h9,15H,1-8H2,(H2,13,18). The molecular formula is C12H20N2O3S. The van der Waals surface area contributed by atoms with E-state index in [2.05, 4.69) is 0 Å². The van der Waals surface area contributed by atoms with Crippen LogP contribution in [0.2, 0.25) is 0 Å². The summed E-state index contributed by atoms with van der Waals surface area (Å²) in [7, 11) is 0. The van der Waals surface area contributed by atoms with E-state index in [1.54, 1.807) is 4.90 Å². The molecule has 6 heteroatoms. The maximum atomic E-state index is 12.6. The van der Waals surface area contributed by atoms with Crippen molar-refractivity contribution in [3.8, 4) is 0 Å². The summed E-state index contributed by atoms with van der Waals surface area (Å²) in [5.74, 6) is 0.214. The van der Waals surface area contributed by atoms with Gasteiger partial charge in [-0.3, -0.25) is 4.79 Å². The van der Waals surface area contributed by atoms with Gasteiger partial charge in [0.1, 0.15) is 5.41 Å². The van der Waals surface area contributed by atoms with Crippen molar-refractivity contribution < 1.29 is 14.6 Å². The van der Waals surface area contributed by atoms with Crippen molar-refractivity contribution in [3.05, 3.63) is 0 Å². The van der Waals surface area contributed by atoms with Crippen LogP contribution < -0.4 is 5.73 Å². The minimum Gasteiger partial charge on any atom is -0.396 e. The summed E-state index contributed by atoms with van der Waals surface area (Å²) in [5.41, 5.74) is 5.09. The van der Waals surface area contributed by atoms with Gasteiger partial charge in [-0.1, -0.05) is 12.2 Å². The quantitative estimate of drug-likeness (QED) is 0.702. The van der Waals surface area contributed by atoms with Gasteiger partial charge in [0.15, 0.2) is 0 Å². The van der Waals surface area contributed by atoms with Crippen LogP contribution in [0.1, 0.15) is 19.3 Å². The zero-order chi connectivity index (χ0) is 13.2. The van der Waals surface area contributed by atoms with Crippen LogP contribution in [0.5, 0.6) is 0 Å². The second-order valence-electron chi connectivity index (χ2n) is 5.15. The van der Waals surface area contributed by atoms with Gasteiger partial charge in [-0.15, -0.1) is 0 Å². The second kappa shape index (κ2) is 5.50. The zero-order valence-electron chi connectivity index (χ0n) is 10.4. The van der Waals surface area contributed by atoms with Gasteiger partial charge in [0.25, 0.3) is 0 Å². The third-order valence-electron chi connectivity index (χ3n) is 4.06. The van der Waals surface area contributed by atoms with Crippen molar-refractivity contribution in [2.45, 2.75) is 19.3 Å². The highest BCUT2D eigenvalue weighted by molar-refractivity contribution is 7.80. The van der Waals surface area contributed by atoms with Crippen LogP contribution in [0.3, 0.4) is 0 Å². The van der Waals surface area contributed by atoms with Gasteiger partial charge in [-0.2, -0.15) is 0 Å². The number of thiocarbonyl (C=S) groups is 1. The number of nitrogens with two attached hydrogens (primary N) is 1. The Balaban J connectivity index is 2.11. The lowest BCUT2D eigenvalue weighted by atomic mass is 9.78. The number of rotatable bonds is 3. The number of aliphatic hydroxyl groups excluding tert-OH is 1. The molecule has 3 N–H and O–H groups in total. The lowest BCUT2D eigenvalue weighted by Gasteiger charge is -2.37. The summed E-state index contributed by atoms with van der Waals surface area (Å²) < 4.78 is 5.30. The van der Waals surface area contributed by atoms with Gasteiger partial charge >= 0.3 is 0 Å². The smallest absolute Gasteiger partial charge is 0.235 e. The molecule has 0 bridgehead atoms. The number of carbonyl (C=O) groups excluding carboxylic acids is 1. The molecule has 0 spiro atoms. The first kappa shape index (κ1) is 13.7. The van der Waals surface area contributed by atoms with Gasteiger partial charge in [-0.25, -0.2) is 0 Å². The van der Waals surface area contributed by atoms with Crippen LogP contribution >= 0.6 is 12.2 Å². The highest BCUT2D eigenvalue weighted by Gasteiger charge is 2.46. The Morgan fingerprint density at radius 1 is 1.50 bits per heavy atom. The molecule has 0 aromatic carbocycles. The summed E-state index contributed by atoms with van der Waals surface area (Å²) >= 11 is 5.12.